The van der Waals surface area contributed by atoms with Gasteiger partial charge in [0.15, 0.2) is 0 Å². The summed E-state index contributed by atoms with van der Waals surface area (Å²) < 4.78 is 13.3. The highest BCUT2D eigenvalue weighted by atomic mass is 32.1. The van der Waals surface area contributed by atoms with E-state index in [0.29, 0.717) is 4.88 Å². The number of carboxylic acids is 1. The highest BCUT2D eigenvalue weighted by molar-refractivity contribution is 7.10. The summed E-state index contributed by atoms with van der Waals surface area (Å²) in [5, 5.41) is 13.9. The zero-order chi connectivity index (χ0) is 25.8. The maximum Gasteiger partial charge on any atom is 0.305 e. The lowest BCUT2D eigenvalue weighted by Crippen LogP contribution is -2.62. The molecular weight excluding hydrogens is 473 g/mol. The van der Waals surface area contributed by atoms with Crippen molar-refractivity contribution in [1.29, 1.82) is 0 Å². The number of carboxylic acid groups (broad SMARTS) is 1. The van der Waals surface area contributed by atoms with Gasteiger partial charge in [-0.1, -0.05) is 26.8 Å². The Kier molecular flexibility index (Phi) is 8.26. The van der Waals surface area contributed by atoms with E-state index in [9.17, 15) is 28.7 Å². The molecule has 8 nitrogen and oxygen atoms in total. The fourth-order valence-electron chi connectivity index (χ4n) is 3.98. The standard InChI is InChI=1S/C25H30FN3O5S/c1-25(2,3)14-21(30)29-11-10-28(24(34)16-6-8-17(26)9-7-16)15-19(29)23(33)27-18(13-22(31)32)20-5-4-12-35-20/h4-9,12,18-19H,10-11,13-15H2,1-3H3,(H,27,33)(H,31,32). The van der Waals surface area contributed by atoms with Gasteiger partial charge in [0, 0.05) is 30.0 Å². The van der Waals surface area contributed by atoms with Crippen LogP contribution in [-0.2, 0) is 14.4 Å². The Balaban J connectivity index is 1.84. The summed E-state index contributed by atoms with van der Waals surface area (Å²) in [5.74, 6) is -2.64. The molecule has 2 heterocycles. The molecule has 2 unspecified atom stereocenters. The molecule has 0 aliphatic carbocycles. The largest absolute Gasteiger partial charge is 0.481 e. The van der Waals surface area contributed by atoms with E-state index in [1.54, 1.807) is 17.5 Å². The number of rotatable bonds is 7. The van der Waals surface area contributed by atoms with Gasteiger partial charge in [-0.3, -0.25) is 19.2 Å². The van der Waals surface area contributed by atoms with Crippen LogP contribution in [0.4, 0.5) is 4.39 Å². The molecule has 1 aliphatic rings. The molecule has 1 saturated heterocycles. The second-order valence-electron chi connectivity index (χ2n) is 9.77. The predicted octanol–water partition coefficient (Wildman–Crippen LogP) is 3.31. The summed E-state index contributed by atoms with van der Waals surface area (Å²) in [6.07, 6.45) is -0.0979. The van der Waals surface area contributed by atoms with Crippen molar-refractivity contribution in [3.05, 3.63) is 58.0 Å². The van der Waals surface area contributed by atoms with Crippen molar-refractivity contribution in [3.63, 3.8) is 0 Å². The van der Waals surface area contributed by atoms with E-state index in [-0.39, 0.29) is 55.3 Å². The fraction of sp³-hybridized carbons (Fsp3) is 0.440. The van der Waals surface area contributed by atoms with Crippen LogP contribution in [0, 0.1) is 11.2 Å². The molecule has 1 aromatic carbocycles. The molecule has 10 heteroatoms. The van der Waals surface area contributed by atoms with E-state index in [1.807, 2.05) is 20.8 Å². The van der Waals surface area contributed by atoms with Gasteiger partial charge in [0.1, 0.15) is 11.9 Å². The van der Waals surface area contributed by atoms with E-state index in [1.165, 1.54) is 45.4 Å². The van der Waals surface area contributed by atoms with Crippen molar-refractivity contribution >= 4 is 35.0 Å². The molecule has 3 rings (SSSR count). The van der Waals surface area contributed by atoms with Crippen LogP contribution in [0.2, 0.25) is 0 Å². The molecular formula is C25H30FN3O5S. The van der Waals surface area contributed by atoms with Gasteiger partial charge in [0.05, 0.1) is 19.0 Å². The number of nitrogens with one attached hydrogen (secondary N) is 1. The molecule has 1 aromatic heterocycles. The number of thiophene rings is 1. The summed E-state index contributed by atoms with van der Waals surface area (Å²) in [4.78, 5) is 54.6. The van der Waals surface area contributed by atoms with Crippen molar-refractivity contribution in [2.75, 3.05) is 19.6 Å². The Labute approximate surface area is 207 Å². The van der Waals surface area contributed by atoms with Crippen LogP contribution in [-0.4, -0.2) is 64.3 Å². The molecule has 188 valence electrons. The normalized spacial score (nSPS) is 17.1. The lowest BCUT2D eigenvalue weighted by molar-refractivity contribution is -0.145. The van der Waals surface area contributed by atoms with Gasteiger partial charge in [0.25, 0.3) is 5.91 Å². The summed E-state index contributed by atoms with van der Waals surface area (Å²) in [5.41, 5.74) is -0.0236. The van der Waals surface area contributed by atoms with Crippen LogP contribution in [0.5, 0.6) is 0 Å². The van der Waals surface area contributed by atoms with Gasteiger partial charge >= 0.3 is 5.97 Å². The third-order valence-corrected chi connectivity index (χ3v) is 6.63. The minimum Gasteiger partial charge on any atom is -0.481 e. The zero-order valence-corrected chi connectivity index (χ0v) is 20.8. The Morgan fingerprint density at radius 3 is 2.40 bits per heavy atom. The van der Waals surface area contributed by atoms with E-state index in [0.717, 1.165) is 0 Å². The van der Waals surface area contributed by atoms with Gasteiger partial charge in [-0.15, -0.1) is 11.3 Å². The number of benzene rings is 1. The second-order valence-corrected chi connectivity index (χ2v) is 10.8. The van der Waals surface area contributed by atoms with Crippen molar-refractivity contribution < 1.29 is 28.7 Å². The number of nitrogens with zero attached hydrogens (tertiary/aromatic N) is 2. The minimum atomic E-state index is -1.07. The second kappa shape index (κ2) is 11.0. The quantitative estimate of drug-likeness (QED) is 0.603. The maximum atomic E-state index is 13.4. The third-order valence-electron chi connectivity index (χ3n) is 5.65. The summed E-state index contributed by atoms with van der Waals surface area (Å²) in [7, 11) is 0. The van der Waals surface area contributed by atoms with Crippen molar-refractivity contribution in [3.8, 4) is 0 Å². The predicted molar refractivity (Wildman–Crippen MR) is 129 cm³/mol. The molecule has 0 spiro atoms. The molecule has 1 fully saturated rings. The molecule has 2 N–H and O–H groups in total. The van der Waals surface area contributed by atoms with E-state index >= 15 is 0 Å². The average Bonchev–Trinajstić information content (AvgIpc) is 3.32. The number of hydrogen-bond acceptors (Lipinski definition) is 5. The molecule has 3 amide bonds. The fourth-order valence-corrected chi connectivity index (χ4v) is 4.75. The van der Waals surface area contributed by atoms with E-state index in [2.05, 4.69) is 5.32 Å². The Bertz CT molecular complexity index is 1070. The lowest BCUT2D eigenvalue weighted by Gasteiger charge is -2.41. The van der Waals surface area contributed by atoms with Gasteiger partial charge in [0.2, 0.25) is 11.8 Å². The summed E-state index contributed by atoms with van der Waals surface area (Å²) in [6.45, 7) is 6.10. The third kappa shape index (κ3) is 7.11. The number of halogens is 1. The molecule has 1 aliphatic heterocycles. The van der Waals surface area contributed by atoms with Crippen LogP contribution in [0.1, 0.15) is 54.9 Å². The first-order chi connectivity index (χ1) is 16.4. The van der Waals surface area contributed by atoms with E-state index in [4.69, 9.17) is 0 Å². The Hall–Kier alpha value is -3.27. The number of carbonyl (C=O) groups is 4. The number of hydrogen-bond donors (Lipinski definition) is 2. The van der Waals surface area contributed by atoms with Gasteiger partial charge < -0.3 is 20.2 Å². The summed E-state index contributed by atoms with van der Waals surface area (Å²) in [6, 6.07) is 6.90. The smallest absolute Gasteiger partial charge is 0.305 e. The van der Waals surface area contributed by atoms with Crippen LogP contribution in [0.25, 0.3) is 0 Å². The molecule has 0 radical (unpaired) electrons. The first-order valence-corrected chi connectivity index (χ1v) is 12.2. The molecule has 0 saturated carbocycles. The monoisotopic (exact) mass is 503 g/mol. The van der Waals surface area contributed by atoms with Crippen molar-refractivity contribution in [2.45, 2.75) is 45.7 Å². The lowest BCUT2D eigenvalue weighted by atomic mass is 9.91. The first kappa shape index (κ1) is 26.3. The molecule has 35 heavy (non-hydrogen) atoms. The topological polar surface area (TPSA) is 107 Å². The van der Waals surface area contributed by atoms with Crippen molar-refractivity contribution in [1.82, 2.24) is 15.1 Å². The highest BCUT2D eigenvalue weighted by Gasteiger charge is 2.39. The van der Waals surface area contributed by atoms with Crippen LogP contribution >= 0.6 is 11.3 Å². The van der Waals surface area contributed by atoms with Crippen LogP contribution < -0.4 is 5.32 Å². The average molecular weight is 504 g/mol. The summed E-state index contributed by atoms with van der Waals surface area (Å²) >= 11 is 1.33. The zero-order valence-electron chi connectivity index (χ0n) is 20.0. The Morgan fingerprint density at radius 2 is 1.83 bits per heavy atom. The molecule has 2 aromatic rings. The number of amides is 3. The van der Waals surface area contributed by atoms with Crippen LogP contribution in [0.3, 0.4) is 0 Å². The number of aliphatic carboxylic acids is 1. The molecule has 2 atom stereocenters. The first-order valence-electron chi connectivity index (χ1n) is 11.3. The SMILES string of the molecule is CC(C)(C)CC(=O)N1CCN(C(=O)c2ccc(F)cc2)CC1C(=O)NC(CC(=O)O)c1cccs1. The van der Waals surface area contributed by atoms with Gasteiger partial charge in [-0.05, 0) is 41.1 Å². The number of piperazine rings is 1. The molecule has 0 bridgehead atoms. The van der Waals surface area contributed by atoms with Gasteiger partial charge in [-0.25, -0.2) is 4.39 Å². The van der Waals surface area contributed by atoms with E-state index < -0.39 is 29.8 Å². The highest BCUT2D eigenvalue weighted by Crippen LogP contribution is 2.25. The maximum absolute atomic E-state index is 13.4. The Morgan fingerprint density at radius 1 is 1.14 bits per heavy atom. The number of carbonyl (C=O) groups excluding carboxylic acids is 3. The van der Waals surface area contributed by atoms with Gasteiger partial charge in [-0.2, -0.15) is 0 Å². The minimum absolute atomic E-state index is 0.0534. The van der Waals surface area contributed by atoms with Crippen LogP contribution in [0.15, 0.2) is 41.8 Å². The van der Waals surface area contributed by atoms with Crippen molar-refractivity contribution in [2.24, 2.45) is 5.41 Å².